The lowest BCUT2D eigenvalue weighted by molar-refractivity contribution is 0.0241. The number of rotatable bonds is 11. The van der Waals surface area contributed by atoms with Crippen LogP contribution in [0.2, 0.25) is 5.02 Å². The summed E-state index contributed by atoms with van der Waals surface area (Å²) < 4.78 is 37.6. The van der Waals surface area contributed by atoms with Crippen LogP contribution in [-0.2, 0) is 9.47 Å². The first-order valence-electron chi connectivity index (χ1n) is 13.1. The van der Waals surface area contributed by atoms with Crippen molar-refractivity contribution in [2.24, 2.45) is 11.8 Å². The van der Waals surface area contributed by atoms with Gasteiger partial charge < -0.3 is 33.9 Å². The van der Waals surface area contributed by atoms with Crippen LogP contribution in [0.5, 0.6) is 11.8 Å². The molecule has 2 fully saturated rings. The minimum Gasteiger partial charge on any atom is -0.481 e. The molecule has 38 heavy (non-hydrogen) atoms. The fourth-order valence-corrected chi connectivity index (χ4v) is 5.54. The van der Waals surface area contributed by atoms with Crippen LogP contribution < -0.4 is 19.3 Å². The Balaban J connectivity index is 1.39. The van der Waals surface area contributed by atoms with Crippen molar-refractivity contribution in [1.29, 1.82) is 0 Å². The summed E-state index contributed by atoms with van der Waals surface area (Å²) in [5.41, 5.74) is 1.46. The van der Waals surface area contributed by atoms with Crippen molar-refractivity contribution < 1.29 is 28.4 Å². The molecule has 0 spiro atoms. The molecule has 5 unspecified atom stereocenters. The van der Waals surface area contributed by atoms with Crippen molar-refractivity contribution >= 4 is 23.0 Å². The van der Waals surface area contributed by atoms with Crippen molar-refractivity contribution in [2.45, 2.75) is 44.9 Å². The molecule has 2 aliphatic heterocycles. The van der Waals surface area contributed by atoms with Crippen LogP contribution in [0, 0.1) is 17.7 Å². The van der Waals surface area contributed by atoms with E-state index >= 15 is 4.39 Å². The maximum absolute atomic E-state index is 15.2. The highest BCUT2D eigenvalue weighted by Gasteiger charge is 2.40. The average Bonchev–Trinajstić information content (AvgIpc) is 3.24. The third-order valence-electron chi connectivity index (χ3n) is 7.56. The zero-order valence-electron chi connectivity index (χ0n) is 22.5. The van der Waals surface area contributed by atoms with E-state index in [1.807, 2.05) is 17.9 Å². The number of aliphatic hydroxyl groups is 1. The third-order valence-corrected chi connectivity index (χ3v) is 7.85. The van der Waals surface area contributed by atoms with Crippen molar-refractivity contribution in [1.82, 2.24) is 9.97 Å². The first kappa shape index (κ1) is 28.6. The molecule has 2 aliphatic rings. The van der Waals surface area contributed by atoms with Crippen molar-refractivity contribution in [2.75, 3.05) is 63.5 Å². The maximum atomic E-state index is 15.2. The van der Waals surface area contributed by atoms with Crippen molar-refractivity contribution in [3.05, 3.63) is 35.4 Å². The lowest BCUT2D eigenvalue weighted by atomic mass is 9.96. The molecular weight excluding hydrogens is 515 g/mol. The van der Waals surface area contributed by atoms with Gasteiger partial charge in [0.05, 0.1) is 54.7 Å². The number of methoxy groups -OCH3 is 2. The van der Waals surface area contributed by atoms with E-state index in [9.17, 15) is 5.11 Å². The van der Waals surface area contributed by atoms with Crippen LogP contribution in [0.3, 0.4) is 0 Å². The smallest absolute Gasteiger partial charge is 0.250 e. The number of aliphatic hydroxyl groups excluding tert-OH is 1. The number of piperidine rings is 1. The Morgan fingerprint density at radius 3 is 2.61 bits per heavy atom. The summed E-state index contributed by atoms with van der Waals surface area (Å²) in [7, 11) is 3.23. The second-order valence-corrected chi connectivity index (χ2v) is 10.5. The number of ether oxygens (including phenoxy) is 4. The van der Waals surface area contributed by atoms with Crippen LogP contribution in [0.1, 0.15) is 26.7 Å². The van der Waals surface area contributed by atoms with E-state index in [4.69, 9.17) is 30.5 Å². The molecule has 1 N–H and O–H groups in total. The van der Waals surface area contributed by atoms with Gasteiger partial charge in [-0.2, -0.15) is 0 Å². The fraction of sp³-hybridized carbons (Fsp3) is 0.630. The second-order valence-electron chi connectivity index (χ2n) is 10.0. The molecule has 4 heterocycles. The number of hydrogen-bond donors (Lipinski definition) is 1. The van der Waals surface area contributed by atoms with Gasteiger partial charge in [0, 0.05) is 70.3 Å². The minimum absolute atomic E-state index is 0.0113. The van der Waals surface area contributed by atoms with Crippen LogP contribution >= 0.6 is 11.6 Å². The van der Waals surface area contributed by atoms with Gasteiger partial charge >= 0.3 is 0 Å². The number of aromatic nitrogens is 2. The van der Waals surface area contributed by atoms with E-state index in [1.54, 1.807) is 26.6 Å². The SMILES string of the molecule is COCCCOC1CN(c2cnc(OC3CCN(c4cc(OC)ncc4Cl)CC3C)c(F)c2)C(CO)C1C. The first-order chi connectivity index (χ1) is 18.4. The standard InChI is InChI=1S/C27H38ClFN4O5/c1-17-14-32(22-11-26(36-4)30-13-20(22)28)7-6-24(17)38-27-21(29)10-19(12-31-27)33-15-25(18(2)23(33)16-34)37-9-5-8-35-3/h10-13,17-18,23-25,34H,5-9,14-16H2,1-4H3. The molecule has 0 bridgehead atoms. The molecule has 0 amide bonds. The van der Waals surface area contributed by atoms with Gasteiger partial charge in [0.1, 0.15) is 6.10 Å². The summed E-state index contributed by atoms with van der Waals surface area (Å²) in [5.74, 6) is 0.160. The maximum Gasteiger partial charge on any atom is 0.250 e. The van der Waals surface area contributed by atoms with Gasteiger partial charge in [0.25, 0.3) is 5.88 Å². The summed E-state index contributed by atoms with van der Waals surface area (Å²) >= 11 is 6.38. The highest BCUT2D eigenvalue weighted by molar-refractivity contribution is 6.33. The topological polar surface area (TPSA) is 89.4 Å². The summed E-state index contributed by atoms with van der Waals surface area (Å²) in [4.78, 5) is 12.6. The van der Waals surface area contributed by atoms with Crippen LogP contribution in [0.4, 0.5) is 15.8 Å². The van der Waals surface area contributed by atoms with Crippen LogP contribution in [0.15, 0.2) is 24.5 Å². The zero-order valence-corrected chi connectivity index (χ0v) is 23.2. The molecule has 0 aromatic carbocycles. The predicted molar refractivity (Wildman–Crippen MR) is 144 cm³/mol. The molecule has 4 rings (SSSR count). The van der Waals surface area contributed by atoms with Gasteiger partial charge in [-0.1, -0.05) is 25.4 Å². The van der Waals surface area contributed by atoms with Gasteiger partial charge in [-0.05, 0) is 6.42 Å². The number of pyridine rings is 2. The highest BCUT2D eigenvalue weighted by atomic mass is 35.5. The molecule has 0 radical (unpaired) electrons. The molecule has 0 aliphatic carbocycles. The predicted octanol–water partition coefficient (Wildman–Crippen LogP) is 3.81. The minimum atomic E-state index is -0.521. The lowest BCUT2D eigenvalue weighted by Crippen LogP contribution is -2.44. The van der Waals surface area contributed by atoms with E-state index in [1.165, 1.54) is 6.07 Å². The van der Waals surface area contributed by atoms with E-state index in [2.05, 4.69) is 21.8 Å². The van der Waals surface area contributed by atoms with E-state index in [0.717, 1.165) is 12.1 Å². The Hall–Kier alpha value is -2.40. The monoisotopic (exact) mass is 552 g/mol. The molecular formula is C27H38ClFN4O5. The Morgan fingerprint density at radius 1 is 1.11 bits per heavy atom. The molecule has 2 saturated heterocycles. The van der Waals surface area contributed by atoms with Crippen molar-refractivity contribution in [3.63, 3.8) is 0 Å². The Labute approximate surface area is 228 Å². The van der Waals surface area contributed by atoms with E-state index in [-0.39, 0.29) is 42.6 Å². The second kappa shape index (κ2) is 13.1. The molecule has 2 aromatic heterocycles. The molecule has 0 saturated carbocycles. The van der Waals surface area contributed by atoms with Crippen molar-refractivity contribution in [3.8, 4) is 11.8 Å². The Kier molecular flexibility index (Phi) is 9.86. The zero-order chi connectivity index (χ0) is 27.2. The molecule has 9 nitrogen and oxygen atoms in total. The Morgan fingerprint density at radius 2 is 1.92 bits per heavy atom. The molecule has 5 atom stereocenters. The summed E-state index contributed by atoms with van der Waals surface area (Å²) in [5, 5.41) is 10.6. The van der Waals surface area contributed by atoms with Gasteiger partial charge in [0.2, 0.25) is 5.88 Å². The number of halogens is 2. The summed E-state index contributed by atoms with van der Waals surface area (Å²) in [6, 6.07) is 3.08. The van der Waals surface area contributed by atoms with Crippen LogP contribution in [0.25, 0.3) is 0 Å². The third kappa shape index (κ3) is 6.42. The molecule has 210 valence electrons. The van der Waals surface area contributed by atoms with Gasteiger partial charge in [-0.15, -0.1) is 0 Å². The molecule has 11 heteroatoms. The highest BCUT2D eigenvalue weighted by Crippen LogP contribution is 2.35. The van der Waals surface area contributed by atoms with E-state index in [0.29, 0.717) is 55.9 Å². The first-order valence-corrected chi connectivity index (χ1v) is 13.5. The quantitative estimate of drug-likeness (QED) is 0.418. The van der Waals surface area contributed by atoms with E-state index < -0.39 is 5.82 Å². The summed E-state index contributed by atoms with van der Waals surface area (Å²) in [6.45, 7) is 7.21. The van der Waals surface area contributed by atoms with Gasteiger partial charge in [-0.3, -0.25) is 0 Å². The molecule has 2 aromatic rings. The summed E-state index contributed by atoms with van der Waals surface area (Å²) in [6.07, 6.45) is 4.42. The number of anilines is 2. The largest absolute Gasteiger partial charge is 0.481 e. The Bertz CT molecular complexity index is 1070. The fourth-order valence-electron chi connectivity index (χ4n) is 5.32. The number of hydrogen-bond acceptors (Lipinski definition) is 9. The lowest BCUT2D eigenvalue weighted by Gasteiger charge is -2.38. The van der Waals surface area contributed by atoms with Gasteiger partial charge in [-0.25, -0.2) is 14.4 Å². The average molecular weight is 553 g/mol. The van der Waals surface area contributed by atoms with Gasteiger partial charge in [0.15, 0.2) is 5.82 Å². The normalized spacial score (nSPS) is 25.6. The van der Waals surface area contributed by atoms with Crippen LogP contribution in [-0.4, -0.2) is 87.0 Å². The number of nitrogens with zero attached hydrogens (tertiary/aromatic N) is 4.